The van der Waals surface area contributed by atoms with E-state index in [0.29, 0.717) is 18.3 Å². The lowest BCUT2D eigenvalue weighted by atomic mass is 10.1. The third-order valence-electron chi connectivity index (χ3n) is 4.46. The van der Waals surface area contributed by atoms with Crippen molar-refractivity contribution >= 4 is 39.1 Å². The molecule has 3 rings (SSSR count). The van der Waals surface area contributed by atoms with Crippen LogP contribution < -0.4 is 10.6 Å². The maximum absolute atomic E-state index is 12.4. The highest BCUT2D eigenvalue weighted by molar-refractivity contribution is 9.10. The van der Waals surface area contributed by atoms with Crippen LogP contribution in [0.3, 0.4) is 0 Å². The van der Waals surface area contributed by atoms with Gasteiger partial charge >= 0.3 is 0 Å². The van der Waals surface area contributed by atoms with Crippen LogP contribution in [0.2, 0.25) is 0 Å². The number of amides is 2. The molecule has 1 fully saturated rings. The Morgan fingerprint density at radius 2 is 1.58 bits per heavy atom. The Kier molecular flexibility index (Phi) is 5.77. The van der Waals surface area contributed by atoms with Gasteiger partial charge in [0.2, 0.25) is 11.8 Å². The van der Waals surface area contributed by atoms with Crippen LogP contribution in [0.4, 0.5) is 11.4 Å². The van der Waals surface area contributed by atoms with Gasteiger partial charge in [-0.15, -0.1) is 0 Å². The monoisotopic (exact) mass is 414 g/mol. The van der Waals surface area contributed by atoms with Gasteiger partial charge < -0.3 is 10.6 Å². The number of halogens is 1. The molecule has 2 aromatic rings. The van der Waals surface area contributed by atoms with Gasteiger partial charge in [-0.2, -0.15) is 0 Å². The van der Waals surface area contributed by atoms with Crippen LogP contribution in [0, 0.1) is 11.8 Å². The van der Waals surface area contributed by atoms with E-state index < -0.39 is 0 Å². The van der Waals surface area contributed by atoms with Gasteiger partial charge in [-0.1, -0.05) is 41.9 Å². The number of nitrogens with one attached hydrogen (secondary N) is 2. The van der Waals surface area contributed by atoms with E-state index in [4.69, 9.17) is 0 Å². The molecule has 0 spiro atoms. The average Bonchev–Trinajstić information content (AvgIpc) is 3.37. The van der Waals surface area contributed by atoms with Crippen LogP contribution >= 0.6 is 15.9 Å². The lowest BCUT2D eigenvalue weighted by Crippen LogP contribution is -2.15. The fraction of sp³-hybridized carbons (Fsp3) is 0.333. The van der Waals surface area contributed by atoms with Crippen molar-refractivity contribution in [2.24, 2.45) is 11.8 Å². The summed E-state index contributed by atoms with van der Waals surface area (Å²) in [6, 6.07) is 15.4. The number of benzene rings is 2. The lowest BCUT2D eigenvalue weighted by Gasteiger charge is -2.09. The molecule has 26 heavy (non-hydrogen) atoms. The van der Waals surface area contributed by atoms with Crippen molar-refractivity contribution in [3.63, 3.8) is 0 Å². The predicted octanol–water partition coefficient (Wildman–Crippen LogP) is 5.18. The Balaban J connectivity index is 1.52. The molecule has 2 atom stereocenters. The van der Waals surface area contributed by atoms with E-state index in [9.17, 15) is 9.59 Å². The topological polar surface area (TPSA) is 58.2 Å². The summed E-state index contributed by atoms with van der Waals surface area (Å²) in [5.74, 6) is 0.715. The van der Waals surface area contributed by atoms with Gasteiger partial charge in [0, 0.05) is 28.2 Å². The molecule has 0 heterocycles. The second-order valence-electron chi connectivity index (χ2n) is 7.21. The molecule has 0 aliphatic heterocycles. The first-order chi connectivity index (χ1) is 12.4. The standard InChI is InChI=1S/C21H23BrN2O2/c1-13(2)11-20(25)23-16-7-9-17(10-8-16)24-21(26)19-12-18(19)14-3-5-15(22)6-4-14/h3-10,13,18-19H,11-12H2,1-2H3,(H,23,25)(H,24,26). The smallest absolute Gasteiger partial charge is 0.228 e. The number of rotatable bonds is 6. The summed E-state index contributed by atoms with van der Waals surface area (Å²) in [5.41, 5.74) is 2.70. The highest BCUT2D eigenvalue weighted by Crippen LogP contribution is 2.48. The minimum atomic E-state index is 0.00658. The zero-order valence-corrected chi connectivity index (χ0v) is 16.5. The van der Waals surface area contributed by atoms with Gasteiger partial charge in [0.15, 0.2) is 0 Å². The Bertz CT molecular complexity index is 785. The lowest BCUT2D eigenvalue weighted by molar-refractivity contribution is -0.118. The molecule has 5 heteroatoms. The van der Waals surface area contributed by atoms with Gasteiger partial charge in [-0.3, -0.25) is 9.59 Å². The van der Waals surface area contributed by atoms with Gasteiger partial charge in [-0.05, 0) is 60.2 Å². The first-order valence-corrected chi connectivity index (χ1v) is 9.68. The van der Waals surface area contributed by atoms with Crippen molar-refractivity contribution in [1.82, 2.24) is 0 Å². The highest BCUT2D eigenvalue weighted by atomic mass is 79.9. The molecule has 2 N–H and O–H groups in total. The summed E-state index contributed by atoms with van der Waals surface area (Å²) in [4.78, 5) is 24.2. The molecule has 1 aliphatic rings. The molecule has 2 aromatic carbocycles. The Labute approximate surface area is 162 Å². The first-order valence-electron chi connectivity index (χ1n) is 8.88. The van der Waals surface area contributed by atoms with Crippen molar-refractivity contribution in [2.45, 2.75) is 32.6 Å². The predicted molar refractivity (Wildman–Crippen MR) is 108 cm³/mol. The molecule has 2 unspecified atom stereocenters. The second kappa shape index (κ2) is 8.04. The van der Waals surface area contributed by atoms with Crippen molar-refractivity contribution < 1.29 is 9.59 Å². The number of anilines is 2. The van der Waals surface area contributed by atoms with Crippen LogP contribution in [0.1, 0.15) is 38.2 Å². The summed E-state index contributed by atoms with van der Waals surface area (Å²) >= 11 is 3.43. The van der Waals surface area contributed by atoms with Crippen LogP contribution in [0.15, 0.2) is 53.0 Å². The zero-order valence-electron chi connectivity index (χ0n) is 15.0. The van der Waals surface area contributed by atoms with Gasteiger partial charge in [0.25, 0.3) is 0 Å². The van der Waals surface area contributed by atoms with Crippen molar-refractivity contribution in [3.8, 4) is 0 Å². The van der Waals surface area contributed by atoms with Crippen LogP contribution in [-0.4, -0.2) is 11.8 Å². The quantitative estimate of drug-likeness (QED) is 0.684. The molecule has 0 radical (unpaired) electrons. The van der Waals surface area contributed by atoms with Gasteiger partial charge in [0.1, 0.15) is 0 Å². The maximum Gasteiger partial charge on any atom is 0.228 e. The average molecular weight is 415 g/mol. The third-order valence-corrected chi connectivity index (χ3v) is 4.98. The fourth-order valence-electron chi connectivity index (χ4n) is 3.02. The molecule has 0 bridgehead atoms. The SMILES string of the molecule is CC(C)CC(=O)Nc1ccc(NC(=O)C2CC2c2ccc(Br)cc2)cc1. The number of carbonyl (C=O) groups is 2. The van der Waals surface area contributed by atoms with E-state index in [1.165, 1.54) is 5.56 Å². The normalized spacial score (nSPS) is 18.5. The molecule has 1 aliphatic carbocycles. The first kappa shape index (κ1) is 18.6. The van der Waals surface area contributed by atoms with E-state index in [1.807, 2.05) is 50.2 Å². The molecule has 0 aromatic heterocycles. The zero-order chi connectivity index (χ0) is 18.7. The van der Waals surface area contributed by atoms with Crippen LogP contribution in [0.25, 0.3) is 0 Å². The van der Waals surface area contributed by atoms with Crippen LogP contribution in [0.5, 0.6) is 0 Å². The summed E-state index contributed by atoms with van der Waals surface area (Å²) < 4.78 is 1.04. The largest absolute Gasteiger partial charge is 0.326 e. The van der Waals surface area contributed by atoms with Gasteiger partial charge in [-0.25, -0.2) is 0 Å². The van der Waals surface area contributed by atoms with Crippen molar-refractivity contribution in [2.75, 3.05) is 10.6 Å². The summed E-state index contributed by atoms with van der Waals surface area (Å²) in [5, 5.41) is 5.83. The molecule has 2 amide bonds. The van der Waals surface area contributed by atoms with Gasteiger partial charge in [0.05, 0.1) is 0 Å². The minimum absolute atomic E-state index is 0.00658. The van der Waals surface area contributed by atoms with E-state index in [0.717, 1.165) is 22.3 Å². The summed E-state index contributed by atoms with van der Waals surface area (Å²) in [7, 11) is 0. The summed E-state index contributed by atoms with van der Waals surface area (Å²) in [6.07, 6.45) is 1.38. The van der Waals surface area contributed by atoms with Crippen LogP contribution in [-0.2, 0) is 9.59 Å². The minimum Gasteiger partial charge on any atom is -0.326 e. The Morgan fingerprint density at radius 1 is 1.00 bits per heavy atom. The van der Waals surface area contributed by atoms with Crippen molar-refractivity contribution in [3.05, 3.63) is 58.6 Å². The number of hydrogen-bond donors (Lipinski definition) is 2. The fourth-order valence-corrected chi connectivity index (χ4v) is 3.28. The molecule has 0 saturated heterocycles. The molecule has 136 valence electrons. The number of carbonyl (C=O) groups excluding carboxylic acids is 2. The number of hydrogen-bond acceptors (Lipinski definition) is 2. The summed E-state index contributed by atoms with van der Waals surface area (Å²) in [6.45, 7) is 4.02. The third kappa shape index (κ3) is 4.94. The molecule has 1 saturated carbocycles. The molecule has 4 nitrogen and oxygen atoms in total. The van der Waals surface area contributed by atoms with E-state index in [1.54, 1.807) is 0 Å². The highest BCUT2D eigenvalue weighted by Gasteiger charge is 2.43. The Morgan fingerprint density at radius 3 is 2.15 bits per heavy atom. The van der Waals surface area contributed by atoms with E-state index in [2.05, 4.69) is 38.7 Å². The molecular weight excluding hydrogens is 392 g/mol. The van der Waals surface area contributed by atoms with Crippen molar-refractivity contribution in [1.29, 1.82) is 0 Å². The Hall–Kier alpha value is -2.14. The molecular formula is C21H23BrN2O2. The maximum atomic E-state index is 12.4. The van der Waals surface area contributed by atoms with E-state index in [-0.39, 0.29) is 17.7 Å². The second-order valence-corrected chi connectivity index (χ2v) is 8.13. The van der Waals surface area contributed by atoms with E-state index >= 15 is 0 Å².